The van der Waals surface area contributed by atoms with Gasteiger partial charge in [0.2, 0.25) is 5.91 Å². The van der Waals surface area contributed by atoms with E-state index in [1.165, 1.54) is 12.8 Å². The molecule has 1 aliphatic rings. The van der Waals surface area contributed by atoms with Crippen molar-refractivity contribution in [1.29, 1.82) is 0 Å². The maximum atomic E-state index is 12.1. The Kier molecular flexibility index (Phi) is 7.52. The second-order valence-corrected chi connectivity index (χ2v) is 6.26. The molecule has 0 aliphatic heterocycles. The summed E-state index contributed by atoms with van der Waals surface area (Å²) in [6, 6.07) is 0.00981. The van der Waals surface area contributed by atoms with Crippen LogP contribution in [0.1, 0.15) is 72.1 Å². The molecule has 1 atom stereocenters. The van der Waals surface area contributed by atoms with E-state index >= 15 is 0 Å². The van der Waals surface area contributed by atoms with E-state index in [0.717, 1.165) is 38.5 Å². The van der Waals surface area contributed by atoms with Crippen molar-refractivity contribution >= 4 is 5.91 Å². The molecule has 20 heavy (non-hydrogen) atoms. The number of hydrogen-bond donors (Lipinski definition) is 3. The van der Waals surface area contributed by atoms with Gasteiger partial charge in [-0.2, -0.15) is 0 Å². The van der Waals surface area contributed by atoms with Gasteiger partial charge < -0.3 is 15.7 Å². The Labute approximate surface area is 123 Å². The van der Waals surface area contributed by atoms with Gasteiger partial charge in [0.1, 0.15) is 0 Å². The first-order valence-corrected chi connectivity index (χ1v) is 8.27. The monoisotopic (exact) mass is 284 g/mol. The van der Waals surface area contributed by atoms with Gasteiger partial charge in [0, 0.05) is 12.6 Å². The predicted molar refractivity (Wildman–Crippen MR) is 82.6 cm³/mol. The molecule has 4 heteroatoms. The number of carbonyl (C=O) groups excluding carboxylic acids is 1. The first-order valence-electron chi connectivity index (χ1n) is 8.27. The number of aliphatic hydroxyl groups is 1. The molecule has 0 bridgehead atoms. The lowest BCUT2D eigenvalue weighted by Crippen LogP contribution is -2.50. The van der Waals surface area contributed by atoms with Gasteiger partial charge in [-0.15, -0.1) is 0 Å². The maximum absolute atomic E-state index is 12.1. The predicted octanol–water partition coefficient (Wildman–Crippen LogP) is 2.35. The van der Waals surface area contributed by atoms with Gasteiger partial charge in [0.15, 0.2) is 0 Å². The molecule has 4 nitrogen and oxygen atoms in total. The summed E-state index contributed by atoms with van der Waals surface area (Å²) >= 11 is 0. The van der Waals surface area contributed by atoms with Crippen molar-refractivity contribution in [1.82, 2.24) is 10.6 Å². The van der Waals surface area contributed by atoms with Gasteiger partial charge >= 0.3 is 0 Å². The van der Waals surface area contributed by atoms with Crippen LogP contribution in [0.3, 0.4) is 0 Å². The molecular weight excluding hydrogens is 252 g/mol. The third kappa shape index (κ3) is 5.80. The zero-order valence-corrected chi connectivity index (χ0v) is 13.4. The zero-order chi connectivity index (χ0) is 15.0. The Balaban J connectivity index is 2.37. The van der Waals surface area contributed by atoms with Gasteiger partial charge in [-0.05, 0) is 32.6 Å². The fourth-order valence-corrected chi connectivity index (χ4v) is 2.82. The van der Waals surface area contributed by atoms with E-state index in [4.69, 9.17) is 0 Å². The van der Waals surface area contributed by atoms with E-state index < -0.39 is 5.60 Å². The van der Waals surface area contributed by atoms with Crippen LogP contribution in [0.5, 0.6) is 0 Å². The van der Waals surface area contributed by atoms with E-state index in [-0.39, 0.29) is 18.0 Å². The molecule has 1 unspecified atom stereocenters. The minimum Gasteiger partial charge on any atom is -0.389 e. The van der Waals surface area contributed by atoms with E-state index in [1.54, 1.807) is 0 Å². The summed E-state index contributed by atoms with van der Waals surface area (Å²) in [5.41, 5.74) is -0.625. The van der Waals surface area contributed by atoms with Crippen LogP contribution >= 0.6 is 0 Å². The van der Waals surface area contributed by atoms with Crippen LogP contribution in [-0.2, 0) is 4.79 Å². The lowest BCUT2D eigenvalue weighted by molar-refractivity contribution is -0.123. The summed E-state index contributed by atoms with van der Waals surface area (Å²) < 4.78 is 0. The Bertz CT molecular complexity index is 282. The molecule has 0 spiro atoms. The highest BCUT2D eigenvalue weighted by Gasteiger charge is 2.29. The summed E-state index contributed by atoms with van der Waals surface area (Å²) in [7, 11) is 0. The molecule has 0 aromatic heterocycles. The second-order valence-electron chi connectivity index (χ2n) is 6.26. The van der Waals surface area contributed by atoms with Crippen molar-refractivity contribution in [3.05, 3.63) is 0 Å². The van der Waals surface area contributed by atoms with Gasteiger partial charge in [-0.25, -0.2) is 0 Å². The average Bonchev–Trinajstić information content (AvgIpc) is 2.67. The third-order valence-corrected chi connectivity index (χ3v) is 4.50. The fraction of sp³-hybridized carbons (Fsp3) is 0.938. The largest absolute Gasteiger partial charge is 0.389 e. The minimum absolute atomic E-state index is 0.0379. The van der Waals surface area contributed by atoms with Crippen molar-refractivity contribution in [2.45, 2.75) is 89.8 Å². The van der Waals surface area contributed by atoms with E-state index in [9.17, 15) is 9.90 Å². The summed E-state index contributed by atoms with van der Waals surface area (Å²) in [4.78, 5) is 12.1. The van der Waals surface area contributed by atoms with Gasteiger partial charge in [-0.1, -0.05) is 39.5 Å². The van der Waals surface area contributed by atoms with E-state index in [1.807, 2.05) is 6.92 Å². The Morgan fingerprint density at radius 1 is 1.15 bits per heavy atom. The molecule has 0 radical (unpaired) electrons. The number of hydrogen-bond acceptors (Lipinski definition) is 3. The smallest absolute Gasteiger partial charge is 0.237 e. The molecule has 118 valence electrons. The molecule has 1 saturated carbocycles. The molecule has 0 saturated heterocycles. The molecule has 3 N–H and O–H groups in total. The quantitative estimate of drug-likeness (QED) is 0.629. The SMILES string of the molecule is CCC(CC)NC(=O)C(C)NCC1(O)CCCCCC1. The topological polar surface area (TPSA) is 61.4 Å². The van der Waals surface area contributed by atoms with Crippen LogP contribution in [0, 0.1) is 0 Å². The van der Waals surface area contributed by atoms with Gasteiger partial charge in [0.05, 0.1) is 11.6 Å². The number of rotatable bonds is 7. The van der Waals surface area contributed by atoms with Crippen molar-refractivity contribution in [2.75, 3.05) is 6.54 Å². The van der Waals surface area contributed by atoms with Crippen molar-refractivity contribution in [3.8, 4) is 0 Å². The number of carbonyl (C=O) groups is 1. The Morgan fingerprint density at radius 2 is 1.70 bits per heavy atom. The minimum atomic E-state index is -0.625. The molecule has 1 fully saturated rings. The normalized spacial score (nSPS) is 20.4. The van der Waals surface area contributed by atoms with Crippen LogP contribution < -0.4 is 10.6 Å². The number of nitrogens with one attached hydrogen (secondary N) is 2. The lowest BCUT2D eigenvalue weighted by Gasteiger charge is -2.29. The van der Waals surface area contributed by atoms with Gasteiger partial charge in [-0.3, -0.25) is 4.79 Å². The summed E-state index contributed by atoms with van der Waals surface area (Å²) in [5, 5.41) is 16.8. The zero-order valence-electron chi connectivity index (χ0n) is 13.4. The van der Waals surface area contributed by atoms with Gasteiger partial charge in [0.25, 0.3) is 0 Å². The summed E-state index contributed by atoms with van der Waals surface area (Å²) in [5.74, 6) is 0.0379. The molecule has 1 amide bonds. The van der Waals surface area contributed by atoms with Crippen molar-refractivity contribution in [3.63, 3.8) is 0 Å². The maximum Gasteiger partial charge on any atom is 0.237 e. The van der Waals surface area contributed by atoms with Crippen LogP contribution in [0.15, 0.2) is 0 Å². The van der Waals surface area contributed by atoms with Crippen LogP contribution in [-0.4, -0.2) is 35.2 Å². The first kappa shape index (κ1) is 17.4. The highest BCUT2D eigenvalue weighted by atomic mass is 16.3. The Morgan fingerprint density at radius 3 is 2.20 bits per heavy atom. The van der Waals surface area contributed by atoms with Crippen molar-refractivity contribution in [2.24, 2.45) is 0 Å². The molecule has 0 aromatic rings. The highest BCUT2D eigenvalue weighted by molar-refractivity contribution is 5.81. The van der Waals surface area contributed by atoms with Crippen LogP contribution in [0.2, 0.25) is 0 Å². The average molecular weight is 284 g/mol. The molecule has 1 rings (SSSR count). The first-order chi connectivity index (χ1) is 9.50. The Hall–Kier alpha value is -0.610. The molecular formula is C16H32N2O2. The van der Waals surface area contributed by atoms with Crippen LogP contribution in [0.25, 0.3) is 0 Å². The second kappa shape index (κ2) is 8.63. The number of amides is 1. The fourth-order valence-electron chi connectivity index (χ4n) is 2.82. The van der Waals surface area contributed by atoms with E-state index in [2.05, 4.69) is 24.5 Å². The molecule has 0 aromatic carbocycles. The van der Waals surface area contributed by atoms with E-state index in [0.29, 0.717) is 6.54 Å². The lowest BCUT2D eigenvalue weighted by atomic mass is 9.94. The summed E-state index contributed by atoms with van der Waals surface area (Å²) in [6.45, 7) is 6.56. The highest BCUT2D eigenvalue weighted by Crippen LogP contribution is 2.26. The third-order valence-electron chi connectivity index (χ3n) is 4.50. The standard InChI is InChI=1S/C16H32N2O2/c1-4-14(5-2)18-15(19)13(3)17-12-16(20)10-8-6-7-9-11-16/h13-14,17,20H,4-12H2,1-3H3,(H,18,19). The molecule has 1 aliphatic carbocycles. The van der Waals surface area contributed by atoms with Crippen molar-refractivity contribution < 1.29 is 9.90 Å². The molecule has 0 heterocycles. The summed E-state index contributed by atoms with van der Waals surface area (Å²) in [6.07, 6.45) is 8.22. The van der Waals surface area contributed by atoms with Crippen LogP contribution in [0.4, 0.5) is 0 Å².